The second-order valence-electron chi connectivity index (χ2n) is 12.4. The molecule has 0 aliphatic carbocycles. The van der Waals surface area contributed by atoms with Crippen LogP contribution < -0.4 is 9.64 Å². The first-order valence-corrected chi connectivity index (χ1v) is 15.1. The fourth-order valence-corrected chi connectivity index (χ4v) is 7.84. The molecule has 3 fully saturated rings. The number of fused-ring (bicyclic) bond motifs is 4. The third-order valence-electron chi connectivity index (χ3n) is 9.84. The molecule has 2 atom stereocenters. The Bertz CT molecular complexity index is 1970. The minimum atomic E-state index is -0.912. The molecule has 4 aromatic rings. The van der Waals surface area contributed by atoms with Gasteiger partial charge in [0.05, 0.1) is 22.2 Å². The van der Waals surface area contributed by atoms with Crippen molar-refractivity contribution in [1.29, 1.82) is 0 Å². The molecule has 8 rings (SSSR count). The van der Waals surface area contributed by atoms with Crippen LogP contribution in [0.2, 0.25) is 0 Å². The molecule has 44 heavy (non-hydrogen) atoms. The van der Waals surface area contributed by atoms with Gasteiger partial charge >= 0.3 is 6.01 Å². The van der Waals surface area contributed by atoms with Crippen molar-refractivity contribution in [3.63, 3.8) is 0 Å². The summed E-state index contributed by atoms with van der Waals surface area (Å²) in [6, 6.07) is 5.54. The normalized spacial score (nSPS) is 22.9. The summed E-state index contributed by atoms with van der Waals surface area (Å²) >= 11 is 0. The first-order valence-electron chi connectivity index (χ1n) is 15.1. The van der Waals surface area contributed by atoms with Crippen molar-refractivity contribution in [2.75, 3.05) is 31.1 Å². The summed E-state index contributed by atoms with van der Waals surface area (Å²) in [4.78, 5) is 18.5. The molecule has 4 aliphatic rings. The molecule has 7 nitrogen and oxygen atoms in total. The fourth-order valence-electron chi connectivity index (χ4n) is 7.84. The molecule has 0 radical (unpaired) electrons. The zero-order valence-corrected chi connectivity index (χ0v) is 24.3. The molecular formula is C34H30F3N5O2. The van der Waals surface area contributed by atoms with Crippen LogP contribution in [0.15, 0.2) is 30.0 Å². The summed E-state index contributed by atoms with van der Waals surface area (Å²) in [6.07, 6.45) is 9.72. The van der Waals surface area contributed by atoms with Gasteiger partial charge in [-0.2, -0.15) is 9.97 Å². The number of rotatable bonds is 4. The Labute approximate surface area is 252 Å². The number of piperidine rings is 1. The maximum Gasteiger partial charge on any atom is 0.319 e. The van der Waals surface area contributed by atoms with Crippen LogP contribution in [0.25, 0.3) is 38.5 Å². The molecular weight excluding hydrogens is 567 g/mol. The van der Waals surface area contributed by atoms with Crippen LogP contribution in [0.3, 0.4) is 0 Å². The molecule has 0 spiro atoms. The van der Waals surface area contributed by atoms with Gasteiger partial charge in [-0.15, -0.1) is 6.42 Å². The highest BCUT2D eigenvalue weighted by molar-refractivity contribution is 6.07. The number of nitrogens with zero attached hydrogens (tertiary/aromatic N) is 5. The molecule has 0 saturated carbocycles. The number of halogens is 3. The molecule has 3 saturated heterocycles. The lowest BCUT2D eigenvalue weighted by Gasteiger charge is -2.37. The summed E-state index contributed by atoms with van der Waals surface area (Å²) in [6.45, 7) is 4.08. The van der Waals surface area contributed by atoms with E-state index in [4.69, 9.17) is 21.1 Å². The number of pyridine rings is 1. The number of hydrogen-bond acceptors (Lipinski definition) is 7. The van der Waals surface area contributed by atoms with Gasteiger partial charge in [-0.1, -0.05) is 12.0 Å². The number of allylic oxidation sites excluding steroid dienone is 2. The van der Waals surface area contributed by atoms with Crippen molar-refractivity contribution in [2.24, 2.45) is 0 Å². The van der Waals surface area contributed by atoms with E-state index in [2.05, 4.69) is 20.7 Å². The quantitative estimate of drug-likeness (QED) is 0.269. The average Bonchev–Trinajstić information content (AvgIpc) is 3.55. The van der Waals surface area contributed by atoms with E-state index in [1.165, 1.54) is 24.3 Å². The van der Waals surface area contributed by atoms with Crippen molar-refractivity contribution >= 4 is 33.1 Å². The lowest BCUT2D eigenvalue weighted by molar-refractivity contribution is 0.107. The molecule has 0 unspecified atom stereocenters. The Morgan fingerprint density at radius 3 is 2.80 bits per heavy atom. The molecule has 6 heterocycles. The smallest absolute Gasteiger partial charge is 0.319 e. The van der Waals surface area contributed by atoms with E-state index in [0.717, 1.165) is 49.9 Å². The minimum Gasteiger partial charge on any atom is -0.508 e. The lowest BCUT2D eigenvalue weighted by Crippen LogP contribution is -2.43. The number of ether oxygens (including phenoxy) is 1. The number of benzene rings is 2. The highest BCUT2D eigenvalue weighted by atomic mass is 19.1. The standard InChI is InChI=1S/C34H30F3N5O2/c1-3-22-24(36)9-8-19-13-21(43)14-23(26(19)22)30-28(37)31-27-29(38-30)18(2)25-7-4-5-12-42(25)32(27)40-33(39-31)44-17-34-10-6-11-41(34)16-20(35)15-34/h1,8-9,13-14,20,43H,4-7,10-12,15-17H2,2H3/t20-,34+/m1/s1. The van der Waals surface area contributed by atoms with Gasteiger partial charge < -0.3 is 14.7 Å². The summed E-state index contributed by atoms with van der Waals surface area (Å²) in [5, 5.41) is 11.8. The summed E-state index contributed by atoms with van der Waals surface area (Å²) in [7, 11) is 0. The summed E-state index contributed by atoms with van der Waals surface area (Å²) < 4.78 is 52.5. The van der Waals surface area contributed by atoms with Crippen LogP contribution in [0.4, 0.5) is 19.0 Å². The number of alkyl halides is 1. The second-order valence-corrected chi connectivity index (χ2v) is 12.4. The van der Waals surface area contributed by atoms with E-state index in [0.29, 0.717) is 41.8 Å². The third-order valence-corrected chi connectivity index (χ3v) is 9.84. The highest BCUT2D eigenvalue weighted by Crippen LogP contribution is 2.47. The zero-order valence-electron chi connectivity index (χ0n) is 24.3. The van der Waals surface area contributed by atoms with Gasteiger partial charge in [-0.3, -0.25) is 4.90 Å². The van der Waals surface area contributed by atoms with Crippen LogP contribution in [0, 0.1) is 24.0 Å². The maximum atomic E-state index is 16.9. The fraction of sp³-hybridized carbons (Fsp3) is 0.382. The number of aromatic hydroxyl groups is 1. The number of hydrogen-bond donors (Lipinski definition) is 1. The predicted molar refractivity (Wildman–Crippen MR) is 162 cm³/mol. The van der Waals surface area contributed by atoms with Crippen LogP contribution in [-0.2, 0) is 0 Å². The van der Waals surface area contributed by atoms with E-state index in [9.17, 15) is 13.9 Å². The van der Waals surface area contributed by atoms with Crippen LogP contribution in [0.1, 0.15) is 56.7 Å². The van der Waals surface area contributed by atoms with Gasteiger partial charge in [-0.05, 0) is 74.7 Å². The number of terminal acetylenes is 1. The Morgan fingerprint density at radius 1 is 1.09 bits per heavy atom. The molecule has 224 valence electrons. The van der Waals surface area contributed by atoms with E-state index in [1.54, 1.807) is 0 Å². The largest absolute Gasteiger partial charge is 0.508 e. The Morgan fingerprint density at radius 2 is 1.95 bits per heavy atom. The Hall–Kier alpha value is -4.36. The monoisotopic (exact) mass is 597 g/mol. The Kier molecular flexibility index (Phi) is 6.08. The average molecular weight is 598 g/mol. The van der Waals surface area contributed by atoms with Gasteiger partial charge in [0, 0.05) is 36.2 Å². The van der Waals surface area contributed by atoms with Crippen LogP contribution in [-0.4, -0.2) is 62.9 Å². The topological polar surface area (TPSA) is 74.6 Å². The highest BCUT2D eigenvalue weighted by Gasteiger charge is 2.49. The predicted octanol–water partition coefficient (Wildman–Crippen LogP) is 6.50. The summed E-state index contributed by atoms with van der Waals surface area (Å²) in [5.41, 5.74) is 2.06. The molecule has 4 aliphatic heterocycles. The van der Waals surface area contributed by atoms with Gasteiger partial charge in [0.1, 0.15) is 41.4 Å². The molecule has 10 heteroatoms. The van der Waals surface area contributed by atoms with E-state index < -0.39 is 23.3 Å². The van der Waals surface area contributed by atoms with Crippen LogP contribution >= 0.6 is 0 Å². The van der Waals surface area contributed by atoms with E-state index >= 15 is 4.39 Å². The van der Waals surface area contributed by atoms with Crippen molar-refractivity contribution in [1.82, 2.24) is 19.9 Å². The second kappa shape index (κ2) is 9.83. The maximum absolute atomic E-state index is 16.9. The van der Waals surface area contributed by atoms with Gasteiger partial charge in [0.2, 0.25) is 0 Å². The molecule has 2 aromatic carbocycles. The van der Waals surface area contributed by atoms with Crippen molar-refractivity contribution in [3.05, 3.63) is 52.9 Å². The lowest BCUT2D eigenvalue weighted by atomic mass is 9.92. The van der Waals surface area contributed by atoms with Gasteiger partial charge in [0.15, 0.2) is 5.82 Å². The van der Waals surface area contributed by atoms with Crippen molar-refractivity contribution in [3.8, 4) is 35.4 Å². The minimum absolute atomic E-state index is 0.0126. The number of phenolic OH excluding ortho intramolecular Hbond substituents is 1. The molecule has 0 bridgehead atoms. The first-order chi connectivity index (χ1) is 21.3. The third kappa shape index (κ3) is 3.91. The molecule has 1 N–H and O–H groups in total. The molecule has 2 aromatic heterocycles. The van der Waals surface area contributed by atoms with Gasteiger partial charge in [-0.25, -0.2) is 18.2 Å². The first kappa shape index (κ1) is 27.2. The molecule has 0 amide bonds. The van der Waals surface area contributed by atoms with Gasteiger partial charge in [0.25, 0.3) is 0 Å². The van der Waals surface area contributed by atoms with E-state index in [1.807, 2.05) is 6.92 Å². The number of anilines is 1. The zero-order chi connectivity index (χ0) is 30.3. The Balaban J connectivity index is 1.36. The van der Waals surface area contributed by atoms with Crippen molar-refractivity contribution in [2.45, 2.75) is 57.2 Å². The van der Waals surface area contributed by atoms with Crippen LogP contribution in [0.5, 0.6) is 11.8 Å². The summed E-state index contributed by atoms with van der Waals surface area (Å²) in [5.74, 6) is 1.40. The van der Waals surface area contributed by atoms with E-state index in [-0.39, 0.29) is 46.1 Å². The van der Waals surface area contributed by atoms with Crippen molar-refractivity contribution < 1.29 is 23.0 Å². The number of aromatic nitrogens is 3. The number of phenols is 1. The SMILES string of the molecule is C#Cc1c(F)ccc2cc(O)cc(-c3nc4c5c(nc(OC[C@@]67CCCN6C[C@H](F)C7)nc5c3F)N3CCCCC3=C4C)c12.